The molecular formula is C20H18F2N4O2. The smallest absolute Gasteiger partial charge is 0.324 e. The van der Waals surface area contributed by atoms with Crippen molar-refractivity contribution in [3.63, 3.8) is 0 Å². The fraction of sp³-hybridized carbons (Fsp3) is 0.200. The molecule has 6 nitrogen and oxygen atoms in total. The number of anilines is 1. The maximum Gasteiger partial charge on any atom is 0.324 e. The molecule has 1 fully saturated rings. The summed E-state index contributed by atoms with van der Waals surface area (Å²) in [6.07, 6.45) is 3.44. The highest BCUT2D eigenvalue weighted by atomic mass is 19.1. The van der Waals surface area contributed by atoms with Crippen LogP contribution in [0.25, 0.3) is 11.1 Å². The number of H-pyrrole nitrogens is 1. The van der Waals surface area contributed by atoms with Gasteiger partial charge in [0.05, 0.1) is 19.9 Å². The van der Waals surface area contributed by atoms with E-state index < -0.39 is 11.6 Å². The average molecular weight is 384 g/mol. The van der Waals surface area contributed by atoms with Crippen molar-refractivity contribution < 1.29 is 18.3 Å². The summed E-state index contributed by atoms with van der Waals surface area (Å²) >= 11 is 0. The maximum atomic E-state index is 13.9. The number of hydrogen-bond donors (Lipinski definition) is 1. The van der Waals surface area contributed by atoms with Crippen LogP contribution in [0.5, 0.6) is 5.75 Å². The van der Waals surface area contributed by atoms with Crippen LogP contribution in [0.1, 0.15) is 5.56 Å². The van der Waals surface area contributed by atoms with Crippen molar-refractivity contribution in [1.82, 2.24) is 15.1 Å². The predicted octanol–water partition coefficient (Wildman–Crippen LogP) is 3.81. The molecule has 0 spiro atoms. The number of nitrogens with zero attached hydrogens (tertiary/aromatic N) is 3. The van der Waals surface area contributed by atoms with Gasteiger partial charge < -0.3 is 9.64 Å². The van der Waals surface area contributed by atoms with Crippen LogP contribution in [-0.4, -0.2) is 41.3 Å². The van der Waals surface area contributed by atoms with E-state index in [1.165, 1.54) is 23.1 Å². The largest absolute Gasteiger partial charge is 0.496 e. The van der Waals surface area contributed by atoms with Crippen LogP contribution < -0.4 is 9.64 Å². The highest BCUT2D eigenvalue weighted by Gasteiger charge is 2.31. The number of benzene rings is 2. The van der Waals surface area contributed by atoms with Crippen molar-refractivity contribution in [2.24, 2.45) is 0 Å². The number of ether oxygens (including phenoxy) is 1. The van der Waals surface area contributed by atoms with Gasteiger partial charge in [0.25, 0.3) is 0 Å². The van der Waals surface area contributed by atoms with Crippen molar-refractivity contribution in [2.45, 2.75) is 6.54 Å². The number of rotatable bonds is 5. The summed E-state index contributed by atoms with van der Waals surface area (Å²) in [6.45, 7) is 0.680. The molecule has 0 aliphatic carbocycles. The third-order valence-electron chi connectivity index (χ3n) is 4.81. The third kappa shape index (κ3) is 3.17. The molecule has 0 radical (unpaired) electrons. The lowest BCUT2D eigenvalue weighted by atomic mass is 10.1. The molecule has 0 unspecified atom stereocenters. The van der Waals surface area contributed by atoms with Gasteiger partial charge in [-0.05, 0) is 24.3 Å². The van der Waals surface area contributed by atoms with E-state index in [9.17, 15) is 13.6 Å². The van der Waals surface area contributed by atoms with Crippen LogP contribution in [0.3, 0.4) is 0 Å². The molecule has 8 heteroatoms. The summed E-state index contributed by atoms with van der Waals surface area (Å²) in [5, 5.41) is 6.69. The van der Waals surface area contributed by atoms with E-state index in [2.05, 4.69) is 10.2 Å². The molecule has 1 aliphatic rings. The van der Waals surface area contributed by atoms with Crippen molar-refractivity contribution >= 4 is 11.7 Å². The first-order chi connectivity index (χ1) is 13.6. The Balaban J connectivity index is 1.57. The van der Waals surface area contributed by atoms with Gasteiger partial charge in [-0.25, -0.2) is 13.6 Å². The van der Waals surface area contributed by atoms with E-state index in [1.54, 1.807) is 30.5 Å². The topological polar surface area (TPSA) is 61.5 Å². The van der Waals surface area contributed by atoms with Gasteiger partial charge in [-0.1, -0.05) is 6.07 Å². The fourth-order valence-electron chi connectivity index (χ4n) is 3.33. The minimum Gasteiger partial charge on any atom is -0.496 e. The minimum atomic E-state index is -0.655. The number of carbonyl (C=O) groups is 1. The summed E-state index contributed by atoms with van der Waals surface area (Å²) < 4.78 is 33.3. The molecule has 3 aromatic rings. The molecule has 144 valence electrons. The normalized spacial score (nSPS) is 14.0. The Morgan fingerprint density at radius 2 is 1.96 bits per heavy atom. The quantitative estimate of drug-likeness (QED) is 0.728. The second kappa shape index (κ2) is 7.30. The Hall–Kier alpha value is -3.42. The van der Waals surface area contributed by atoms with E-state index in [1.807, 2.05) is 12.1 Å². The molecule has 2 heterocycles. The SMILES string of the molecule is COc1cc(N2CCN(Cc3c(F)cccc3F)C2=O)ccc1-c1cn[nH]c1. The van der Waals surface area contributed by atoms with Crippen molar-refractivity contribution in [3.05, 3.63) is 66.0 Å². The second-order valence-corrected chi connectivity index (χ2v) is 6.43. The van der Waals surface area contributed by atoms with Gasteiger partial charge in [-0.15, -0.1) is 0 Å². The van der Waals surface area contributed by atoms with Gasteiger partial charge in [0.15, 0.2) is 0 Å². The minimum absolute atomic E-state index is 0.106. The van der Waals surface area contributed by atoms with Gasteiger partial charge in [-0.3, -0.25) is 10.00 Å². The molecule has 1 N–H and O–H groups in total. The molecule has 1 saturated heterocycles. The lowest BCUT2D eigenvalue weighted by Gasteiger charge is -2.20. The number of aromatic amines is 1. The molecule has 0 bridgehead atoms. The Morgan fingerprint density at radius 3 is 2.64 bits per heavy atom. The van der Waals surface area contributed by atoms with Crippen LogP contribution in [0.4, 0.5) is 19.3 Å². The molecule has 2 aromatic carbocycles. The third-order valence-corrected chi connectivity index (χ3v) is 4.81. The second-order valence-electron chi connectivity index (χ2n) is 6.43. The molecule has 4 rings (SSSR count). The summed E-state index contributed by atoms with van der Waals surface area (Å²) in [5.41, 5.74) is 2.26. The number of aromatic nitrogens is 2. The monoisotopic (exact) mass is 384 g/mol. The fourth-order valence-corrected chi connectivity index (χ4v) is 3.33. The van der Waals surface area contributed by atoms with Crippen LogP contribution in [0.15, 0.2) is 48.8 Å². The molecule has 0 atom stereocenters. The Kier molecular flexibility index (Phi) is 4.68. The van der Waals surface area contributed by atoms with E-state index in [4.69, 9.17) is 4.74 Å². The van der Waals surface area contributed by atoms with Gasteiger partial charge >= 0.3 is 6.03 Å². The number of urea groups is 1. The number of methoxy groups -OCH3 is 1. The first kappa shape index (κ1) is 18.0. The Bertz CT molecular complexity index is 987. The van der Waals surface area contributed by atoms with Crippen molar-refractivity contribution in [2.75, 3.05) is 25.1 Å². The number of amides is 2. The standard InChI is InChI=1S/C20H18F2N4O2/c1-28-19-9-14(5-6-15(19)13-10-23-24-11-13)26-8-7-25(20(26)27)12-16-17(21)3-2-4-18(16)22/h2-6,9-11H,7-8,12H2,1H3,(H,23,24). The summed E-state index contributed by atoms with van der Waals surface area (Å²) in [4.78, 5) is 15.8. The lowest BCUT2D eigenvalue weighted by Crippen LogP contribution is -2.32. The first-order valence-electron chi connectivity index (χ1n) is 8.75. The van der Waals surface area contributed by atoms with Crippen LogP contribution in [-0.2, 0) is 6.54 Å². The zero-order valence-corrected chi connectivity index (χ0v) is 15.2. The molecule has 2 amide bonds. The molecule has 1 aliphatic heterocycles. The van der Waals surface area contributed by atoms with E-state index in [0.717, 1.165) is 11.1 Å². The highest BCUT2D eigenvalue weighted by Crippen LogP contribution is 2.34. The van der Waals surface area contributed by atoms with Crippen LogP contribution in [0, 0.1) is 11.6 Å². The van der Waals surface area contributed by atoms with E-state index in [-0.39, 0.29) is 18.1 Å². The zero-order chi connectivity index (χ0) is 19.7. The van der Waals surface area contributed by atoms with Gasteiger partial charge in [-0.2, -0.15) is 5.10 Å². The molecule has 1 aromatic heterocycles. The summed E-state index contributed by atoms with van der Waals surface area (Å²) in [6, 6.07) is 8.82. The first-order valence-corrected chi connectivity index (χ1v) is 8.75. The van der Waals surface area contributed by atoms with Gasteiger partial charge in [0.2, 0.25) is 0 Å². The zero-order valence-electron chi connectivity index (χ0n) is 15.2. The van der Waals surface area contributed by atoms with Crippen LogP contribution in [0.2, 0.25) is 0 Å². The number of carbonyl (C=O) groups excluding carboxylic acids is 1. The summed E-state index contributed by atoms with van der Waals surface area (Å²) in [7, 11) is 1.56. The molecule has 0 saturated carbocycles. The number of hydrogen-bond acceptors (Lipinski definition) is 3. The number of halogens is 2. The Morgan fingerprint density at radius 1 is 1.18 bits per heavy atom. The summed E-state index contributed by atoms with van der Waals surface area (Å²) in [5.74, 6) is -0.708. The average Bonchev–Trinajstić information content (AvgIpc) is 3.35. The predicted molar refractivity (Wildman–Crippen MR) is 100 cm³/mol. The van der Waals surface area contributed by atoms with Gasteiger partial charge in [0.1, 0.15) is 17.4 Å². The lowest BCUT2D eigenvalue weighted by molar-refractivity contribution is 0.217. The molecular weight excluding hydrogens is 366 g/mol. The van der Waals surface area contributed by atoms with Gasteiger partial charge in [0, 0.05) is 47.7 Å². The maximum absolute atomic E-state index is 13.9. The van der Waals surface area contributed by atoms with Crippen LogP contribution >= 0.6 is 0 Å². The molecule has 28 heavy (non-hydrogen) atoms. The van der Waals surface area contributed by atoms with Crippen molar-refractivity contribution in [3.8, 4) is 16.9 Å². The Labute approximate surface area is 160 Å². The van der Waals surface area contributed by atoms with Crippen molar-refractivity contribution in [1.29, 1.82) is 0 Å². The van der Waals surface area contributed by atoms with E-state index >= 15 is 0 Å². The van der Waals surface area contributed by atoms with E-state index in [0.29, 0.717) is 24.5 Å². The highest BCUT2D eigenvalue weighted by molar-refractivity contribution is 5.95. The number of nitrogens with one attached hydrogen (secondary N) is 1.